The third-order valence-corrected chi connectivity index (χ3v) is 4.35. The van der Waals surface area contributed by atoms with Crippen molar-refractivity contribution in [1.29, 1.82) is 0 Å². The van der Waals surface area contributed by atoms with Gasteiger partial charge < -0.3 is 14.4 Å². The average molecular weight is 348 g/mol. The molecule has 24 heavy (non-hydrogen) atoms. The lowest BCUT2D eigenvalue weighted by Gasteiger charge is -2.32. The molecule has 0 spiro atoms. The number of nitrogens with zero attached hydrogens (tertiary/aromatic N) is 3. The molecule has 1 N–H and O–H groups in total. The maximum Gasteiger partial charge on any atom is 0.323 e. The second kappa shape index (κ2) is 7.96. The van der Waals surface area contributed by atoms with Gasteiger partial charge in [0.2, 0.25) is 5.13 Å². The highest BCUT2D eigenvalue weighted by molar-refractivity contribution is 7.13. The predicted molar refractivity (Wildman–Crippen MR) is 91.8 cm³/mol. The number of aromatic nitrogens is 2. The number of hydrogen-bond donors (Lipinski definition) is 1. The van der Waals surface area contributed by atoms with Gasteiger partial charge in [-0.05, 0) is 19.1 Å². The number of hydrogen-bond acceptors (Lipinski definition) is 6. The van der Waals surface area contributed by atoms with Crippen LogP contribution in [0.5, 0.6) is 11.5 Å². The van der Waals surface area contributed by atoms with Gasteiger partial charge in [-0.1, -0.05) is 23.5 Å². The number of benzene rings is 1. The van der Waals surface area contributed by atoms with Gasteiger partial charge in [-0.15, -0.1) is 10.2 Å². The van der Waals surface area contributed by atoms with E-state index in [1.54, 1.807) is 10.4 Å². The molecule has 0 saturated carbocycles. The van der Waals surface area contributed by atoms with Crippen molar-refractivity contribution in [2.75, 3.05) is 25.0 Å². The Labute approximate surface area is 144 Å². The molecule has 128 valence electrons. The number of carbonyl (C=O) groups excluding carboxylic acids is 1. The van der Waals surface area contributed by atoms with Gasteiger partial charge in [0.05, 0.1) is 6.61 Å². The highest BCUT2D eigenvalue weighted by atomic mass is 32.1. The van der Waals surface area contributed by atoms with Crippen molar-refractivity contribution in [3.8, 4) is 11.5 Å². The van der Waals surface area contributed by atoms with Gasteiger partial charge in [-0.2, -0.15) is 0 Å². The number of ether oxygens (including phenoxy) is 2. The van der Waals surface area contributed by atoms with E-state index >= 15 is 0 Å². The topological polar surface area (TPSA) is 76.6 Å². The zero-order valence-corrected chi connectivity index (χ0v) is 14.3. The molecule has 1 fully saturated rings. The van der Waals surface area contributed by atoms with Gasteiger partial charge in [0.1, 0.15) is 11.6 Å². The summed E-state index contributed by atoms with van der Waals surface area (Å²) in [7, 11) is 0. The van der Waals surface area contributed by atoms with Crippen LogP contribution in [0.15, 0.2) is 29.8 Å². The van der Waals surface area contributed by atoms with Crippen LogP contribution in [0, 0.1) is 0 Å². The van der Waals surface area contributed by atoms with Crippen LogP contribution < -0.4 is 14.8 Å². The number of anilines is 1. The molecule has 2 amide bonds. The molecule has 1 aliphatic heterocycles. The maximum absolute atomic E-state index is 12.2. The number of amides is 2. The van der Waals surface area contributed by atoms with Crippen LogP contribution in [-0.2, 0) is 0 Å². The van der Waals surface area contributed by atoms with E-state index in [4.69, 9.17) is 9.47 Å². The quantitative estimate of drug-likeness (QED) is 0.899. The fourth-order valence-corrected chi connectivity index (χ4v) is 3.01. The van der Waals surface area contributed by atoms with Crippen LogP contribution in [0.3, 0.4) is 0 Å². The minimum absolute atomic E-state index is 0.0807. The Morgan fingerprint density at radius 3 is 2.75 bits per heavy atom. The summed E-state index contributed by atoms with van der Waals surface area (Å²) in [6, 6.07) is 7.55. The first-order valence-corrected chi connectivity index (χ1v) is 8.85. The Balaban J connectivity index is 1.51. The molecular weight excluding hydrogens is 328 g/mol. The van der Waals surface area contributed by atoms with Crippen molar-refractivity contribution < 1.29 is 14.3 Å². The van der Waals surface area contributed by atoms with Crippen LogP contribution in [0.1, 0.15) is 19.8 Å². The van der Waals surface area contributed by atoms with Crippen molar-refractivity contribution in [3.05, 3.63) is 29.8 Å². The summed E-state index contributed by atoms with van der Waals surface area (Å²) in [5.74, 6) is 1.52. The Morgan fingerprint density at radius 2 is 2.08 bits per heavy atom. The Bertz CT molecular complexity index is 657. The molecule has 0 bridgehead atoms. The third-order valence-electron chi connectivity index (χ3n) is 3.75. The minimum Gasteiger partial charge on any atom is -0.490 e. The zero-order valence-electron chi connectivity index (χ0n) is 13.5. The molecule has 0 aliphatic carbocycles. The first-order chi connectivity index (χ1) is 11.8. The molecule has 7 nitrogen and oxygen atoms in total. The van der Waals surface area contributed by atoms with Crippen molar-refractivity contribution in [2.45, 2.75) is 25.9 Å². The van der Waals surface area contributed by atoms with Crippen molar-refractivity contribution in [1.82, 2.24) is 15.1 Å². The molecule has 2 heterocycles. The summed E-state index contributed by atoms with van der Waals surface area (Å²) < 4.78 is 11.7. The normalized spacial score (nSPS) is 15.1. The molecule has 2 aromatic rings. The molecule has 0 atom stereocenters. The van der Waals surface area contributed by atoms with Crippen LogP contribution in [-0.4, -0.2) is 46.9 Å². The van der Waals surface area contributed by atoms with E-state index in [0.29, 0.717) is 24.8 Å². The van der Waals surface area contributed by atoms with Gasteiger partial charge in [-0.25, -0.2) is 4.79 Å². The molecule has 1 aromatic carbocycles. The molecule has 0 radical (unpaired) electrons. The average Bonchev–Trinajstić information content (AvgIpc) is 3.10. The number of urea groups is 1. The number of para-hydroxylation sites is 2. The molecule has 8 heteroatoms. The van der Waals surface area contributed by atoms with Gasteiger partial charge in [-0.3, -0.25) is 5.32 Å². The summed E-state index contributed by atoms with van der Waals surface area (Å²) in [4.78, 5) is 13.9. The van der Waals surface area contributed by atoms with E-state index < -0.39 is 0 Å². The summed E-state index contributed by atoms with van der Waals surface area (Å²) in [6.45, 7) is 3.84. The molecule has 1 aromatic heterocycles. The predicted octanol–water partition coefficient (Wildman–Crippen LogP) is 3.01. The molecule has 3 rings (SSSR count). The van der Waals surface area contributed by atoms with Gasteiger partial charge >= 0.3 is 6.03 Å². The van der Waals surface area contributed by atoms with Crippen molar-refractivity contribution in [3.63, 3.8) is 0 Å². The fraction of sp³-hybridized carbons (Fsp3) is 0.438. The van der Waals surface area contributed by atoms with Gasteiger partial charge in [0, 0.05) is 25.9 Å². The van der Waals surface area contributed by atoms with E-state index in [9.17, 15) is 4.79 Å². The number of piperidine rings is 1. The number of carbonyl (C=O) groups is 1. The van der Waals surface area contributed by atoms with Gasteiger partial charge in [0.25, 0.3) is 0 Å². The van der Waals surface area contributed by atoms with Gasteiger partial charge in [0.15, 0.2) is 11.5 Å². The van der Waals surface area contributed by atoms with Crippen LogP contribution in [0.4, 0.5) is 9.93 Å². The van der Waals surface area contributed by atoms with E-state index in [1.807, 2.05) is 31.2 Å². The lowest BCUT2D eigenvalue weighted by molar-refractivity contribution is 0.112. The standard InChI is InChI=1S/C16H20N4O3S/c1-2-22-13-5-3-4-6-14(13)23-12-7-9-20(10-8-12)16(21)18-15-19-17-11-24-15/h3-6,11-12H,2,7-10H2,1H3,(H,18,19,21). The lowest BCUT2D eigenvalue weighted by Crippen LogP contribution is -2.43. The Kier molecular flexibility index (Phi) is 5.47. The van der Waals surface area contributed by atoms with Crippen LogP contribution in [0.25, 0.3) is 0 Å². The van der Waals surface area contributed by atoms with Crippen LogP contribution >= 0.6 is 11.3 Å². The highest BCUT2D eigenvalue weighted by Crippen LogP contribution is 2.29. The smallest absolute Gasteiger partial charge is 0.323 e. The number of nitrogens with one attached hydrogen (secondary N) is 1. The monoisotopic (exact) mass is 348 g/mol. The first-order valence-electron chi connectivity index (χ1n) is 7.97. The Morgan fingerprint density at radius 1 is 1.33 bits per heavy atom. The SMILES string of the molecule is CCOc1ccccc1OC1CCN(C(=O)Nc2nncs2)CC1. The lowest BCUT2D eigenvalue weighted by atomic mass is 10.1. The van der Waals surface area contributed by atoms with Crippen molar-refractivity contribution >= 4 is 22.5 Å². The fourth-order valence-electron chi connectivity index (χ4n) is 2.58. The second-order valence-electron chi connectivity index (χ2n) is 5.36. The zero-order chi connectivity index (χ0) is 16.8. The van der Waals surface area contributed by atoms with E-state index in [2.05, 4.69) is 15.5 Å². The second-order valence-corrected chi connectivity index (χ2v) is 6.19. The van der Waals surface area contributed by atoms with E-state index in [0.717, 1.165) is 24.3 Å². The maximum atomic E-state index is 12.2. The molecule has 0 unspecified atom stereocenters. The summed E-state index contributed by atoms with van der Waals surface area (Å²) >= 11 is 1.30. The van der Waals surface area contributed by atoms with Crippen LogP contribution in [0.2, 0.25) is 0 Å². The molecule has 1 aliphatic rings. The number of rotatable bonds is 5. The van der Waals surface area contributed by atoms with E-state index in [-0.39, 0.29) is 12.1 Å². The first kappa shape index (κ1) is 16.5. The largest absolute Gasteiger partial charge is 0.490 e. The summed E-state index contributed by atoms with van der Waals surface area (Å²) in [6.07, 6.45) is 1.64. The van der Waals surface area contributed by atoms with E-state index in [1.165, 1.54) is 11.3 Å². The molecular formula is C16H20N4O3S. The summed E-state index contributed by atoms with van der Waals surface area (Å²) in [5.41, 5.74) is 1.59. The molecule has 1 saturated heterocycles. The third kappa shape index (κ3) is 4.14. The number of likely N-dealkylation sites (tertiary alicyclic amines) is 1. The Hall–Kier alpha value is -2.35. The van der Waals surface area contributed by atoms with Crippen molar-refractivity contribution in [2.24, 2.45) is 0 Å². The highest BCUT2D eigenvalue weighted by Gasteiger charge is 2.25. The minimum atomic E-state index is -0.139. The summed E-state index contributed by atoms with van der Waals surface area (Å²) in [5, 5.41) is 10.8.